The van der Waals surface area contributed by atoms with Crippen LogP contribution >= 0.6 is 23.4 Å². The number of hydrogen-bond acceptors (Lipinski definition) is 3. The molecule has 1 aliphatic rings. The van der Waals surface area contributed by atoms with Gasteiger partial charge in [-0.25, -0.2) is 4.98 Å². The lowest BCUT2D eigenvalue weighted by Gasteiger charge is -2.23. The molecule has 100 valence electrons. The molecule has 0 bridgehead atoms. The lowest BCUT2D eigenvalue weighted by Crippen LogP contribution is -2.31. The molecule has 1 aliphatic heterocycles. The number of halogens is 1. The zero-order valence-electron chi connectivity index (χ0n) is 11.0. The smallest absolute Gasteiger partial charge is 0.134 e. The fourth-order valence-electron chi connectivity index (χ4n) is 2.51. The number of benzene rings is 1. The van der Waals surface area contributed by atoms with Crippen LogP contribution in [0.3, 0.4) is 0 Å². The highest BCUT2D eigenvalue weighted by Gasteiger charge is 2.20. The summed E-state index contributed by atoms with van der Waals surface area (Å²) >= 11 is 8.35. The minimum Gasteiger partial charge on any atom is -0.298 e. The quantitative estimate of drug-likeness (QED) is 0.800. The molecule has 0 radical (unpaired) electrons. The van der Waals surface area contributed by atoms with Gasteiger partial charge in [0.15, 0.2) is 0 Å². The van der Waals surface area contributed by atoms with Gasteiger partial charge in [0.2, 0.25) is 0 Å². The Kier molecular flexibility index (Phi) is 3.96. The molecular formula is C15H17ClN2S. The molecular weight excluding hydrogens is 276 g/mol. The second-order valence-electron chi connectivity index (χ2n) is 5.06. The average Bonchev–Trinajstić information content (AvgIpc) is 2.93. The van der Waals surface area contributed by atoms with Crippen LogP contribution < -0.4 is 0 Å². The summed E-state index contributed by atoms with van der Waals surface area (Å²) in [4.78, 5) is 6.89. The van der Waals surface area contributed by atoms with Gasteiger partial charge in [0, 0.05) is 29.3 Å². The van der Waals surface area contributed by atoms with Crippen molar-refractivity contribution in [3.8, 4) is 0 Å². The molecule has 1 unspecified atom stereocenters. The van der Waals surface area contributed by atoms with Crippen molar-refractivity contribution in [1.29, 1.82) is 0 Å². The van der Waals surface area contributed by atoms with Gasteiger partial charge in [-0.15, -0.1) is 0 Å². The molecule has 0 N–H and O–H groups in total. The molecule has 0 spiro atoms. The minimum atomic E-state index is 0.635. The second kappa shape index (κ2) is 5.70. The molecule has 2 heterocycles. The highest BCUT2D eigenvalue weighted by molar-refractivity contribution is 7.99. The Morgan fingerprint density at radius 1 is 1.42 bits per heavy atom. The van der Waals surface area contributed by atoms with Gasteiger partial charge in [0.25, 0.3) is 0 Å². The first kappa shape index (κ1) is 13.2. The standard InChI is InChI=1S/C15H17ClN2S/c1-18(13-6-7-19-10-13)9-12-8-11-4-2-3-5-14(11)17-15(12)16/h2-5,8,13H,6-7,9-10H2,1H3. The molecule has 0 saturated carbocycles. The SMILES string of the molecule is CN(Cc1cc2ccccc2nc1Cl)C1CCSC1. The molecule has 1 aromatic carbocycles. The van der Waals surface area contributed by atoms with E-state index < -0.39 is 0 Å². The van der Waals surface area contributed by atoms with Crippen LogP contribution in [0.1, 0.15) is 12.0 Å². The van der Waals surface area contributed by atoms with Crippen LogP contribution in [0, 0.1) is 0 Å². The molecule has 0 aliphatic carbocycles. The van der Waals surface area contributed by atoms with Crippen molar-refractivity contribution in [2.45, 2.75) is 19.0 Å². The van der Waals surface area contributed by atoms with E-state index in [1.54, 1.807) is 0 Å². The van der Waals surface area contributed by atoms with E-state index in [2.05, 4.69) is 29.1 Å². The highest BCUT2D eigenvalue weighted by atomic mass is 35.5. The van der Waals surface area contributed by atoms with Crippen molar-refractivity contribution in [1.82, 2.24) is 9.88 Å². The molecule has 0 amide bonds. The number of para-hydroxylation sites is 1. The second-order valence-corrected chi connectivity index (χ2v) is 6.57. The summed E-state index contributed by atoms with van der Waals surface area (Å²) in [6.45, 7) is 0.877. The van der Waals surface area contributed by atoms with Crippen LogP contribution in [0.15, 0.2) is 30.3 Å². The van der Waals surface area contributed by atoms with E-state index in [4.69, 9.17) is 11.6 Å². The van der Waals surface area contributed by atoms with E-state index in [1.165, 1.54) is 17.9 Å². The Hall–Kier alpha value is -0.770. The van der Waals surface area contributed by atoms with E-state index in [0.717, 1.165) is 23.0 Å². The van der Waals surface area contributed by atoms with Crippen molar-refractivity contribution < 1.29 is 0 Å². The molecule has 1 saturated heterocycles. The summed E-state index contributed by atoms with van der Waals surface area (Å²) < 4.78 is 0. The summed E-state index contributed by atoms with van der Waals surface area (Å²) in [5.74, 6) is 2.51. The highest BCUT2D eigenvalue weighted by Crippen LogP contribution is 2.25. The van der Waals surface area contributed by atoms with Gasteiger partial charge >= 0.3 is 0 Å². The third-order valence-electron chi connectivity index (χ3n) is 3.70. The van der Waals surface area contributed by atoms with E-state index in [0.29, 0.717) is 11.2 Å². The van der Waals surface area contributed by atoms with Gasteiger partial charge in [-0.3, -0.25) is 4.90 Å². The first-order valence-electron chi connectivity index (χ1n) is 6.56. The number of hydrogen-bond donors (Lipinski definition) is 0. The Morgan fingerprint density at radius 3 is 3.05 bits per heavy atom. The van der Waals surface area contributed by atoms with E-state index in [1.807, 2.05) is 30.0 Å². The third-order valence-corrected chi connectivity index (χ3v) is 5.17. The normalized spacial score (nSPS) is 19.4. The van der Waals surface area contributed by atoms with Gasteiger partial charge in [0.05, 0.1) is 5.52 Å². The van der Waals surface area contributed by atoms with Gasteiger partial charge < -0.3 is 0 Å². The van der Waals surface area contributed by atoms with Crippen LogP contribution in [0.25, 0.3) is 10.9 Å². The molecule has 1 aromatic heterocycles. The first-order valence-corrected chi connectivity index (χ1v) is 8.09. The monoisotopic (exact) mass is 292 g/mol. The Bertz CT molecular complexity index is 581. The number of thioether (sulfide) groups is 1. The fraction of sp³-hybridized carbons (Fsp3) is 0.400. The van der Waals surface area contributed by atoms with Crippen LogP contribution in [-0.2, 0) is 6.54 Å². The van der Waals surface area contributed by atoms with Gasteiger partial charge in [-0.05, 0) is 31.4 Å². The summed E-state index contributed by atoms with van der Waals surface area (Å²) in [6.07, 6.45) is 1.28. The topological polar surface area (TPSA) is 16.1 Å². The van der Waals surface area contributed by atoms with Crippen molar-refractivity contribution in [3.63, 3.8) is 0 Å². The van der Waals surface area contributed by atoms with Crippen molar-refractivity contribution >= 4 is 34.3 Å². The van der Waals surface area contributed by atoms with Gasteiger partial charge in [-0.2, -0.15) is 11.8 Å². The summed E-state index contributed by atoms with van der Waals surface area (Å²) in [7, 11) is 2.18. The predicted molar refractivity (Wildman–Crippen MR) is 84.0 cm³/mol. The summed E-state index contributed by atoms with van der Waals surface area (Å²) in [6, 6.07) is 11.0. The minimum absolute atomic E-state index is 0.635. The lowest BCUT2D eigenvalue weighted by molar-refractivity contribution is 0.254. The molecule has 1 atom stereocenters. The molecule has 1 fully saturated rings. The fourth-order valence-corrected chi connectivity index (χ4v) is 4.02. The van der Waals surface area contributed by atoms with E-state index in [-0.39, 0.29) is 0 Å². The molecule has 2 nitrogen and oxygen atoms in total. The van der Waals surface area contributed by atoms with Crippen LogP contribution in [0.5, 0.6) is 0 Å². The Morgan fingerprint density at radius 2 is 2.26 bits per heavy atom. The van der Waals surface area contributed by atoms with Crippen LogP contribution in [-0.4, -0.2) is 34.5 Å². The maximum atomic E-state index is 6.31. The predicted octanol–water partition coefficient (Wildman–Crippen LogP) is 3.83. The third kappa shape index (κ3) is 2.88. The number of fused-ring (bicyclic) bond motifs is 1. The maximum Gasteiger partial charge on any atom is 0.134 e. The molecule has 2 aromatic rings. The van der Waals surface area contributed by atoms with E-state index >= 15 is 0 Å². The van der Waals surface area contributed by atoms with Crippen molar-refractivity contribution in [3.05, 3.63) is 41.0 Å². The molecule has 19 heavy (non-hydrogen) atoms. The molecule has 3 rings (SSSR count). The Labute approximate surface area is 123 Å². The van der Waals surface area contributed by atoms with Gasteiger partial charge in [-0.1, -0.05) is 29.8 Å². The average molecular weight is 293 g/mol. The number of aromatic nitrogens is 1. The zero-order chi connectivity index (χ0) is 13.2. The van der Waals surface area contributed by atoms with Crippen molar-refractivity contribution in [2.75, 3.05) is 18.6 Å². The maximum absolute atomic E-state index is 6.31. The summed E-state index contributed by atoms with van der Waals surface area (Å²) in [5, 5.41) is 1.80. The van der Waals surface area contributed by atoms with Gasteiger partial charge in [0.1, 0.15) is 5.15 Å². The number of pyridine rings is 1. The zero-order valence-corrected chi connectivity index (χ0v) is 12.5. The molecule has 4 heteroatoms. The van der Waals surface area contributed by atoms with Crippen molar-refractivity contribution in [2.24, 2.45) is 0 Å². The van der Waals surface area contributed by atoms with Crippen LogP contribution in [0.2, 0.25) is 5.15 Å². The number of nitrogens with zero attached hydrogens (tertiary/aromatic N) is 2. The van der Waals surface area contributed by atoms with E-state index in [9.17, 15) is 0 Å². The van der Waals surface area contributed by atoms with Crippen LogP contribution in [0.4, 0.5) is 0 Å². The summed E-state index contributed by atoms with van der Waals surface area (Å²) in [5.41, 5.74) is 2.09. The largest absolute Gasteiger partial charge is 0.298 e. The number of rotatable bonds is 3. The first-order chi connectivity index (χ1) is 9.24. The Balaban J connectivity index is 1.85. The lowest BCUT2D eigenvalue weighted by atomic mass is 10.1.